The van der Waals surface area contributed by atoms with Crippen LogP contribution in [0.5, 0.6) is 0 Å². The molecule has 0 aliphatic heterocycles. The molecule has 1 nitrogen and oxygen atoms in total. The molecule has 0 amide bonds. The minimum atomic E-state index is -0.210. The maximum absolute atomic E-state index is 13.4. The molecule has 116 valence electrons. The summed E-state index contributed by atoms with van der Waals surface area (Å²) in [4.78, 5) is 2.30. The van der Waals surface area contributed by atoms with E-state index in [0.29, 0.717) is 6.54 Å². The number of hydrogen-bond acceptors (Lipinski definition) is 1. The van der Waals surface area contributed by atoms with E-state index in [9.17, 15) is 4.39 Å². The number of halogens is 1. The molecule has 3 rings (SSSR count). The van der Waals surface area contributed by atoms with Gasteiger partial charge in [-0.25, -0.2) is 4.39 Å². The van der Waals surface area contributed by atoms with Crippen molar-refractivity contribution in [2.24, 2.45) is 0 Å². The van der Waals surface area contributed by atoms with E-state index in [2.05, 4.69) is 35.2 Å². The second kappa shape index (κ2) is 9.44. The molecule has 0 atom stereocenters. The summed E-state index contributed by atoms with van der Waals surface area (Å²) < 4.78 is 13.4. The molecule has 0 radical (unpaired) electrons. The van der Waals surface area contributed by atoms with E-state index < -0.39 is 0 Å². The molecule has 0 fully saturated rings. The first-order chi connectivity index (χ1) is 11.3. The van der Waals surface area contributed by atoms with E-state index in [1.54, 1.807) is 12.1 Å². The molecule has 24 heavy (non-hydrogen) atoms. The maximum Gasteiger partial charge on any atom is 1.00 e. The van der Waals surface area contributed by atoms with Crippen molar-refractivity contribution in [2.75, 3.05) is 0 Å². The Labute approximate surface area is 155 Å². The van der Waals surface area contributed by atoms with Gasteiger partial charge in [-0.3, -0.25) is 4.90 Å². The molecule has 0 saturated carbocycles. The van der Waals surface area contributed by atoms with E-state index in [4.69, 9.17) is 0 Å². The van der Waals surface area contributed by atoms with Crippen LogP contribution in [0.2, 0.25) is 0 Å². The second-order valence-electron chi connectivity index (χ2n) is 5.65. The van der Waals surface area contributed by atoms with Crippen molar-refractivity contribution < 1.29 is 23.3 Å². The zero-order valence-electron chi connectivity index (χ0n) is 14.0. The Morgan fingerprint density at radius 3 is 1.79 bits per heavy atom. The van der Waals surface area contributed by atoms with Crippen LogP contribution in [0.3, 0.4) is 0 Å². The van der Waals surface area contributed by atoms with Crippen LogP contribution in [-0.2, 0) is 19.6 Å². The van der Waals surface area contributed by atoms with E-state index in [1.165, 1.54) is 17.2 Å². The van der Waals surface area contributed by atoms with Crippen LogP contribution in [0, 0.1) is 11.9 Å². The molecule has 0 spiro atoms. The molecule has 0 heterocycles. The topological polar surface area (TPSA) is 3.24 Å². The monoisotopic (exact) mass is 311 g/mol. The van der Waals surface area contributed by atoms with E-state index >= 15 is 0 Å². The summed E-state index contributed by atoms with van der Waals surface area (Å²) >= 11 is 0. The first kappa shape index (κ1) is 18.5. The van der Waals surface area contributed by atoms with Crippen LogP contribution in [-0.4, -0.2) is 4.90 Å². The summed E-state index contributed by atoms with van der Waals surface area (Å²) in [6, 6.07) is 28.5. The average Bonchev–Trinajstić information content (AvgIpc) is 2.57. The van der Waals surface area contributed by atoms with Crippen LogP contribution in [0.4, 0.5) is 4.39 Å². The van der Waals surface area contributed by atoms with Gasteiger partial charge in [0, 0.05) is 25.5 Å². The summed E-state index contributed by atoms with van der Waals surface area (Å²) in [7, 11) is 0. The fourth-order valence-electron chi connectivity index (χ4n) is 2.67. The standard InChI is InChI=1S/C21H19FN.Li/c22-21-13-7-12-20(14-21)17-23(15-18-8-3-1-4-9-18)16-19-10-5-2-6-11-19;/h1-11,13-14H,15-17H2;/q-1;+1. The van der Waals surface area contributed by atoms with Gasteiger partial charge in [0.2, 0.25) is 0 Å². The molecule has 3 aromatic rings. The predicted molar refractivity (Wildman–Crippen MR) is 91.1 cm³/mol. The van der Waals surface area contributed by atoms with Gasteiger partial charge in [-0.05, 0) is 11.1 Å². The zero-order valence-corrected chi connectivity index (χ0v) is 14.0. The van der Waals surface area contributed by atoms with Crippen molar-refractivity contribution in [1.82, 2.24) is 4.90 Å². The van der Waals surface area contributed by atoms with Crippen LogP contribution < -0.4 is 18.9 Å². The summed E-state index contributed by atoms with van der Waals surface area (Å²) in [6.45, 7) is 2.31. The Morgan fingerprint density at radius 2 is 1.29 bits per heavy atom. The van der Waals surface area contributed by atoms with E-state index in [-0.39, 0.29) is 24.7 Å². The van der Waals surface area contributed by atoms with Gasteiger partial charge in [-0.15, -0.1) is 17.7 Å². The number of rotatable bonds is 6. The Bertz CT molecular complexity index is 690. The maximum atomic E-state index is 13.4. The third-order valence-corrected chi connectivity index (χ3v) is 3.72. The first-order valence-electron chi connectivity index (χ1n) is 7.76. The molecular weight excluding hydrogens is 292 g/mol. The Morgan fingerprint density at radius 1 is 0.750 bits per heavy atom. The zero-order chi connectivity index (χ0) is 15.9. The largest absolute Gasteiger partial charge is 1.00 e. The summed E-state index contributed by atoms with van der Waals surface area (Å²) in [5, 5.41) is 0. The summed E-state index contributed by atoms with van der Waals surface area (Å²) in [5.41, 5.74) is 3.37. The fraction of sp³-hybridized carbons (Fsp3) is 0.143. The molecule has 0 bridgehead atoms. The molecular formula is C21H19FLiN. The van der Waals surface area contributed by atoms with Gasteiger partial charge in [-0.2, -0.15) is 12.1 Å². The van der Waals surface area contributed by atoms with Crippen molar-refractivity contribution in [3.8, 4) is 0 Å². The molecule has 3 heteroatoms. The van der Waals surface area contributed by atoms with Gasteiger partial charge in [0.1, 0.15) is 0 Å². The molecule has 3 aromatic carbocycles. The SMILES string of the molecule is Fc1cc[c-]c(CN(Cc2ccccc2)Cc2ccccc2)c1.[Li+]. The van der Waals surface area contributed by atoms with Crippen molar-refractivity contribution in [1.29, 1.82) is 0 Å². The average molecular weight is 311 g/mol. The van der Waals surface area contributed by atoms with Crippen LogP contribution in [0.1, 0.15) is 16.7 Å². The van der Waals surface area contributed by atoms with E-state index in [0.717, 1.165) is 18.7 Å². The third kappa shape index (κ3) is 5.65. The van der Waals surface area contributed by atoms with Crippen molar-refractivity contribution >= 4 is 0 Å². The number of nitrogens with zero attached hydrogens (tertiary/aromatic N) is 1. The first-order valence-corrected chi connectivity index (χ1v) is 7.76. The van der Waals surface area contributed by atoms with Crippen LogP contribution >= 0.6 is 0 Å². The summed E-state index contributed by atoms with van der Waals surface area (Å²) in [6.07, 6.45) is 0. The van der Waals surface area contributed by atoms with Gasteiger partial charge in [0.15, 0.2) is 0 Å². The summed E-state index contributed by atoms with van der Waals surface area (Å²) in [5.74, 6) is -0.210. The molecule has 0 aromatic heterocycles. The quantitative estimate of drug-likeness (QED) is 0.496. The molecule has 0 aliphatic carbocycles. The van der Waals surface area contributed by atoms with Crippen molar-refractivity contribution in [3.05, 3.63) is 107 Å². The Hall–Kier alpha value is -1.85. The van der Waals surface area contributed by atoms with Crippen molar-refractivity contribution in [3.63, 3.8) is 0 Å². The Kier molecular flexibility index (Phi) is 7.27. The number of hydrogen-bond donors (Lipinski definition) is 0. The minimum absolute atomic E-state index is 0. The second-order valence-corrected chi connectivity index (χ2v) is 5.65. The molecule has 0 N–H and O–H groups in total. The Balaban J connectivity index is 0.00000208. The molecule has 0 unspecified atom stereocenters. The van der Waals surface area contributed by atoms with Gasteiger partial charge in [0.25, 0.3) is 0 Å². The fourth-order valence-corrected chi connectivity index (χ4v) is 2.67. The van der Waals surface area contributed by atoms with Crippen molar-refractivity contribution in [2.45, 2.75) is 19.6 Å². The van der Waals surface area contributed by atoms with Crippen LogP contribution in [0.25, 0.3) is 0 Å². The minimum Gasteiger partial charge on any atom is -0.293 e. The molecule has 0 aliphatic rings. The van der Waals surface area contributed by atoms with E-state index in [1.807, 2.05) is 36.4 Å². The van der Waals surface area contributed by atoms with Gasteiger partial charge in [0.05, 0.1) is 0 Å². The number of benzene rings is 3. The van der Waals surface area contributed by atoms with Gasteiger partial charge >= 0.3 is 18.9 Å². The smallest absolute Gasteiger partial charge is 0.293 e. The van der Waals surface area contributed by atoms with Crippen LogP contribution in [0.15, 0.2) is 78.9 Å². The van der Waals surface area contributed by atoms with Gasteiger partial charge < -0.3 is 0 Å². The predicted octanol–water partition coefficient (Wildman–Crippen LogP) is 1.83. The van der Waals surface area contributed by atoms with Gasteiger partial charge in [-0.1, -0.05) is 60.7 Å². The normalized spacial score (nSPS) is 10.4. The third-order valence-electron chi connectivity index (χ3n) is 3.72. The molecule has 0 saturated heterocycles.